The van der Waals surface area contributed by atoms with E-state index in [0.29, 0.717) is 23.8 Å². The molecule has 0 saturated carbocycles. The van der Waals surface area contributed by atoms with Gasteiger partial charge in [-0.15, -0.1) is 5.10 Å². The molecule has 0 aliphatic heterocycles. The van der Waals surface area contributed by atoms with Crippen LogP contribution in [0.3, 0.4) is 0 Å². The van der Waals surface area contributed by atoms with Gasteiger partial charge in [0.25, 0.3) is 0 Å². The molecule has 3 aromatic rings. The Morgan fingerprint density at radius 2 is 1.96 bits per heavy atom. The molecule has 2 heterocycles. The van der Waals surface area contributed by atoms with Gasteiger partial charge in [0, 0.05) is 25.5 Å². The van der Waals surface area contributed by atoms with Gasteiger partial charge in [0.1, 0.15) is 11.4 Å². The molecule has 0 unspecified atom stereocenters. The van der Waals surface area contributed by atoms with Crippen LogP contribution < -0.4 is 21.1 Å². The first-order valence-electron chi connectivity index (χ1n) is 8.91. The average Bonchev–Trinajstić information content (AvgIpc) is 2.99. The Labute approximate surface area is 162 Å². The zero-order valence-corrected chi connectivity index (χ0v) is 15.8. The van der Waals surface area contributed by atoms with Crippen molar-refractivity contribution in [3.05, 3.63) is 59.1 Å². The van der Waals surface area contributed by atoms with E-state index in [-0.39, 0.29) is 24.8 Å². The van der Waals surface area contributed by atoms with Crippen LogP contribution in [0.15, 0.2) is 53.5 Å². The number of carbonyl (C=O) groups excluding carboxylic acids is 1. The number of aromatic nitrogens is 4. The van der Waals surface area contributed by atoms with Crippen molar-refractivity contribution in [1.29, 1.82) is 0 Å². The van der Waals surface area contributed by atoms with Crippen molar-refractivity contribution in [2.75, 3.05) is 18.5 Å². The third-order valence-electron chi connectivity index (χ3n) is 3.97. The van der Waals surface area contributed by atoms with Crippen LogP contribution in [0.1, 0.15) is 6.92 Å². The summed E-state index contributed by atoms with van der Waals surface area (Å²) in [7, 11) is 1.64. The number of hydrogen-bond acceptors (Lipinski definition) is 5. The minimum atomic E-state index is -0.363. The largest absolute Gasteiger partial charge is 0.494 e. The van der Waals surface area contributed by atoms with E-state index in [1.165, 1.54) is 9.25 Å². The zero-order valence-electron chi connectivity index (χ0n) is 15.8. The molecule has 0 bridgehead atoms. The molecule has 0 aliphatic rings. The summed E-state index contributed by atoms with van der Waals surface area (Å²) in [5.74, 6) is 1.22. The van der Waals surface area contributed by atoms with Crippen molar-refractivity contribution in [3.63, 3.8) is 0 Å². The molecular formula is C19H22N6O3. The van der Waals surface area contributed by atoms with E-state index in [0.717, 1.165) is 5.75 Å². The van der Waals surface area contributed by atoms with E-state index in [4.69, 9.17) is 4.74 Å². The number of amides is 2. The number of urea groups is 1. The molecule has 2 amide bonds. The first-order valence-corrected chi connectivity index (χ1v) is 8.91. The number of ether oxygens (including phenoxy) is 1. The van der Waals surface area contributed by atoms with Gasteiger partial charge < -0.3 is 15.4 Å². The molecule has 1 aromatic carbocycles. The summed E-state index contributed by atoms with van der Waals surface area (Å²) in [5.41, 5.74) is 0.991. The second kappa shape index (κ2) is 8.85. The molecule has 9 nitrogen and oxygen atoms in total. The lowest BCUT2D eigenvalue weighted by atomic mass is 10.3. The van der Waals surface area contributed by atoms with Gasteiger partial charge >= 0.3 is 11.7 Å². The molecule has 9 heteroatoms. The molecule has 0 fully saturated rings. The molecule has 2 N–H and O–H groups in total. The number of anilines is 1. The first-order chi connectivity index (χ1) is 13.6. The molecule has 2 aromatic heterocycles. The fourth-order valence-corrected chi connectivity index (χ4v) is 2.60. The lowest BCUT2D eigenvalue weighted by molar-refractivity contribution is 0.251. The Kier molecular flexibility index (Phi) is 6.05. The van der Waals surface area contributed by atoms with Crippen LogP contribution in [0.5, 0.6) is 5.75 Å². The minimum Gasteiger partial charge on any atom is -0.494 e. The van der Waals surface area contributed by atoms with Crippen LogP contribution in [-0.4, -0.2) is 38.5 Å². The van der Waals surface area contributed by atoms with E-state index in [1.807, 2.05) is 13.0 Å². The molecule has 0 radical (unpaired) electrons. The van der Waals surface area contributed by atoms with Gasteiger partial charge in [-0.3, -0.25) is 9.55 Å². The van der Waals surface area contributed by atoms with Gasteiger partial charge in [-0.1, -0.05) is 6.07 Å². The van der Waals surface area contributed by atoms with E-state index in [2.05, 4.69) is 20.7 Å². The summed E-state index contributed by atoms with van der Waals surface area (Å²) >= 11 is 0. The lowest BCUT2D eigenvalue weighted by Gasteiger charge is -2.08. The highest BCUT2D eigenvalue weighted by molar-refractivity contribution is 5.89. The minimum absolute atomic E-state index is 0.246. The fourth-order valence-electron chi connectivity index (χ4n) is 2.60. The second-order valence-corrected chi connectivity index (χ2v) is 5.94. The SMILES string of the molecule is CCOc1ccc(NC(=O)NCCn2nc(-c3ccccn3)n(C)c2=O)cc1. The Morgan fingerprint density at radius 3 is 2.64 bits per heavy atom. The topological polar surface area (TPSA) is 103 Å². The smallest absolute Gasteiger partial charge is 0.346 e. The number of pyridine rings is 1. The quantitative estimate of drug-likeness (QED) is 0.649. The van der Waals surface area contributed by atoms with Crippen LogP contribution >= 0.6 is 0 Å². The number of benzene rings is 1. The zero-order chi connectivity index (χ0) is 19.9. The molecule has 28 heavy (non-hydrogen) atoms. The van der Waals surface area contributed by atoms with Crippen molar-refractivity contribution < 1.29 is 9.53 Å². The van der Waals surface area contributed by atoms with Gasteiger partial charge in [0.05, 0.1) is 13.2 Å². The van der Waals surface area contributed by atoms with Crippen molar-refractivity contribution in [2.24, 2.45) is 7.05 Å². The second-order valence-electron chi connectivity index (χ2n) is 5.94. The van der Waals surface area contributed by atoms with Crippen molar-refractivity contribution in [3.8, 4) is 17.3 Å². The molecule has 0 saturated heterocycles. The predicted molar refractivity (Wildman–Crippen MR) is 105 cm³/mol. The molecule has 146 valence electrons. The maximum Gasteiger partial charge on any atom is 0.346 e. The normalized spacial score (nSPS) is 10.5. The van der Waals surface area contributed by atoms with Crippen molar-refractivity contribution in [1.82, 2.24) is 24.6 Å². The van der Waals surface area contributed by atoms with Crippen molar-refractivity contribution >= 4 is 11.7 Å². The number of hydrogen-bond donors (Lipinski definition) is 2. The van der Waals surface area contributed by atoms with E-state index < -0.39 is 0 Å². The van der Waals surface area contributed by atoms with Crippen molar-refractivity contribution in [2.45, 2.75) is 13.5 Å². The summed E-state index contributed by atoms with van der Waals surface area (Å²) in [4.78, 5) is 28.5. The van der Waals surface area contributed by atoms with E-state index >= 15 is 0 Å². The Bertz CT molecular complexity index is 979. The predicted octanol–water partition coefficient (Wildman–Crippen LogP) is 1.86. The summed E-state index contributed by atoms with van der Waals surface area (Å²) < 4.78 is 8.10. The van der Waals surface area contributed by atoms with Gasteiger partial charge in [0.2, 0.25) is 0 Å². The molecule has 3 rings (SSSR count). The highest BCUT2D eigenvalue weighted by Gasteiger charge is 2.13. The van der Waals surface area contributed by atoms with E-state index in [1.54, 1.807) is 49.6 Å². The number of carbonyl (C=O) groups is 1. The van der Waals surface area contributed by atoms with Crippen LogP contribution in [0.2, 0.25) is 0 Å². The average molecular weight is 382 g/mol. The fraction of sp³-hybridized carbons (Fsp3) is 0.263. The maximum absolute atomic E-state index is 12.3. The molecule has 0 spiro atoms. The van der Waals surface area contributed by atoms with E-state index in [9.17, 15) is 9.59 Å². The highest BCUT2D eigenvalue weighted by Crippen LogP contribution is 2.15. The first kappa shape index (κ1) is 19.2. The summed E-state index contributed by atoms with van der Waals surface area (Å²) in [6.07, 6.45) is 1.64. The number of nitrogens with one attached hydrogen (secondary N) is 2. The van der Waals surface area contributed by atoms with Crippen LogP contribution in [-0.2, 0) is 13.6 Å². The number of rotatable bonds is 7. The third kappa shape index (κ3) is 4.56. The Morgan fingerprint density at radius 1 is 1.18 bits per heavy atom. The van der Waals surface area contributed by atoms with Gasteiger partial charge in [-0.2, -0.15) is 0 Å². The van der Waals surface area contributed by atoms with Crippen LogP contribution in [0, 0.1) is 0 Å². The van der Waals surface area contributed by atoms with Gasteiger partial charge in [-0.05, 0) is 43.3 Å². The molecular weight excluding hydrogens is 360 g/mol. The Balaban J connectivity index is 1.55. The van der Waals surface area contributed by atoms with Gasteiger partial charge in [0.15, 0.2) is 5.82 Å². The molecule has 0 atom stereocenters. The van der Waals surface area contributed by atoms with Crippen LogP contribution in [0.25, 0.3) is 11.5 Å². The van der Waals surface area contributed by atoms with Crippen LogP contribution in [0.4, 0.5) is 10.5 Å². The summed E-state index contributed by atoms with van der Waals surface area (Å²) in [6.45, 7) is 2.99. The monoisotopic (exact) mass is 382 g/mol. The van der Waals surface area contributed by atoms with Gasteiger partial charge in [-0.25, -0.2) is 14.3 Å². The maximum atomic E-state index is 12.3. The summed E-state index contributed by atoms with van der Waals surface area (Å²) in [6, 6.07) is 12.1. The molecule has 0 aliphatic carbocycles. The standard InChI is InChI=1S/C19H22N6O3/c1-3-28-15-9-7-14(8-10-15)22-18(26)21-12-13-25-19(27)24(2)17(23-25)16-6-4-5-11-20-16/h4-11H,3,12-13H2,1-2H3,(H2,21,22,26). The lowest BCUT2D eigenvalue weighted by Crippen LogP contribution is -2.34. The highest BCUT2D eigenvalue weighted by atomic mass is 16.5. The number of nitrogens with zero attached hydrogens (tertiary/aromatic N) is 4. The summed E-state index contributed by atoms with van der Waals surface area (Å²) in [5, 5.41) is 9.74. The Hall–Kier alpha value is -3.62. The third-order valence-corrected chi connectivity index (χ3v) is 3.97.